The molecule has 13 heavy (non-hydrogen) atoms. The van der Waals surface area contributed by atoms with Crippen molar-refractivity contribution in [1.29, 1.82) is 0 Å². The molecular formula is C12H17F. The van der Waals surface area contributed by atoms with E-state index in [1.165, 1.54) is 0 Å². The predicted molar refractivity (Wildman–Crippen MR) is 56.2 cm³/mol. The van der Waals surface area contributed by atoms with Crippen LogP contribution in [0.3, 0.4) is 0 Å². The molecule has 0 nitrogen and oxygen atoms in total. The van der Waals surface area contributed by atoms with Crippen molar-refractivity contribution in [2.45, 2.75) is 39.3 Å². The lowest BCUT2D eigenvalue weighted by Crippen LogP contribution is -1.97. The summed E-state index contributed by atoms with van der Waals surface area (Å²) < 4.78 is 12.7. The van der Waals surface area contributed by atoms with E-state index in [2.05, 4.69) is 25.5 Å². The second kappa shape index (κ2) is 6.48. The van der Waals surface area contributed by atoms with Crippen molar-refractivity contribution in [3.8, 4) is 12.3 Å². The van der Waals surface area contributed by atoms with Gasteiger partial charge in [0, 0.05) is 0 Å². The molecule has 0 spiro atoms. The lowest BCUT2D eigenvalue weighted by Gasteiger charge is -2.06. The first-order valence-corrected chi connectivity index (χ1v) is 4.56. The maximum absolute atomic E-state index is 12.7. The molecular weight excluding hydrogens is 163 g/mol. The van der Waals surface area contributed by atoms with E-state index in [1.54, 1.807) is 0 Å². The van der Waals surface area contributed by atoms with Gasteiger partial charge in [-0.1, -0.05) is 31.1 Å². The molecule has 0 aromatic carbocycles. The average molecular weight is 180 g/mol. The van der Waals surface area contributed by atoms with Gasteiger partial charge in [-0.25, -0.2) is 4.39 Å². The summed E-state index contributed by atoms with van der Waals surface area (Å²) in [5.41, 5.74) is 2.13. The quantitative estimate of drug-likeness (QED) is 0.447. The van der Waals surface area contributed by atoms with Crippen molar-refractivity contribution in [2.24, 2.45) is 0 Å². The van der Waals surface area contributed by atoms with Crippen LogP contribution in [0.25, 0.3) is 0 Å². The van der Waals surface area contributed by atoms with Crippen molar-refractivity contribution < 1.29 is 4.39 Å². The Labute approximate surface area is 80.5 Å². The van der Waals surface area contributed by atoms with Crippen LogP contribution >= 0.6 is 0 Å². The Bertz CT molecular complexity index is 230. The fraction of sp³-hybridized carbons (Fsp3) is 0.500. The largest absolute Gasteiger partial charge is 0.233 e. The van der Waals surface area contributed by atoms with E-state index < -0.39 is 6.17 Å². The minimum atomic E-state index is -1.13. The van der Waals surface area contributed by atoms with Crippen molar-refractivity contribution in [1.82, 2.24) is 0 Å². The van der Waals surface area contributed by atoms with Gasteiger partial charge in [0.2, 0.25) is 0 Å². The summed E-state index contributed by atoms with van der Waals surface area (Å²) in [4.78, 5) is 0. The Morgan fingerprint density at radius 3 is 2.69 bits per heavy atom. The van der Waals surface area contributed by atoms with E-state index in [4.69, 9.17) is 6.42 Å². The summed E-state index contributed by atoms with van der Waals surface area (Å²) in [5, 5.41) is 0. The molecule has 0 aromatic rings. The predicted octanol–water partition coefficient (Wildman–Crippen LogP) is 3.65. The zero-order valence-corrected chi connectivity index (χ0v) is 8.44. The highest BCUT2D eigenvalue weighted by molar-refractivity contribution is 5.26. The third-order valence-corrected chi connectivity index (χ3v) is 1.85. The molecule has 1 unspecified atom stereocenters. The second-order valence-electron chi connectivity index (χ2n) is 3.09. The molecule has 0 saturated heterocycles. The number of rotatable bonds is 5. The topological polar surface area (TPSA) is 0 Å². The first kappa shape index (κ1) is 12.0. The Morgan fingerprint density at radius 2 is 2.31 bits per heavy atom. The van der Waals surface area contributed by atoms with E-state index in [0.717, 1.165) is 17.6 Å². The van der Waals surface area contributed by atoms with Crippen LogP contribution in [-0.2, 0) is 0 Å². The molecule has 0 aliphatic carbocycles. The lowest BCUT2D eigenvalue weighted by molar-refractivity contribution is 0.391. The maximum atomic E-state index is 12.7. The van der Waals surface area contributed by atoms with Gasteiger partial charge in [-0.15, -0.1) is 6.42 Å². The van der Waals surface area contributed by atoms with Gasteiger partial charge >= 0.3 is 0 Å². The standard InChI is InChI=1S/C12H17F/c1-5-7-11(10(3)4)8-9-12(13)6-2/h2,7,12H,3,5,8-9H2,1,4H3/b11-7+. The van der Waals surface area contributed by atoms with E-state index in [-0.39, 0.29) is 0 Å². The van der Waals surface area contributed by atoms with E-state index in [9.17, 15) is 4.39 Å². The molecule has 0 aliphatic heterocycles. The molecule has 0 amide bonds. The minimum Gasteiger partial charge on any atom is -0.233 e. The number of terminal acetylenes is 1. The molecule has 1 atom stereocenters. The van der Waals surface area contributed by atoms with Gasteiger partial charge in [0.1, 0.15) is 0 Å². The maximum Gasteiger partial charge on any atom is 0.160 e. The molecule has 0 fully saturated rings. The highest BCUT2D eigenvalue weighted by Gasteiger charge is 2.04. The van der Waals surface area contributed by atoms with Crippen LogP contribution < -0.4 is 0 Å². The Hall–Kier alpha value is -1.03. The van der Waals surface area contributed by atoms with Crippen LogP contribution in [0.5, 0.6) is 0 Å². The molecule has 72 valence electrons. The third kappa shape index (κ3) is 5.25. The van der Waals surface area contributed by atoms with Crippen LogP contribution in [-0.4, -0.2) is 6.17 Å². The van der Waals surface area contributed by atoms with Crippen molar-refractivity contribution in [3.63, 3.8) is 0 Å². The van der Waals surface area contributed by atoms with Gasteiger partial charge in [0.15, 0.2) is 6.17 Å². The van der Waals surface area contributed by atoms with Crippen molar-refractivity contribution >= 4 is 0 Å². The van der Waals surface area contributed by atoms with Crippen LogP contribution in [0, 0.1) is 12.3 Å². The fourth-order valence-corrected chi connectivity index (χ4v) is 1.10. The summed E-state index contributed by atoms with van der Waals surface area (Å²) in [6.45, 7) is 7.82. The number of hydrogen-bond donors (Lipinski definition) is 0. The first-order chi connectivity index (χ1) is 6.11. The first-order valence-electron chi connectivity index (χ1n) is 4.56. The van der Waals surface area contributed by atoms with E-state index >= 15 is 0 Å². The van der Waals surface area contributed by atoms with Crippen LogP contribution in [0.1, 0.15) is 33.1 Å². The molecule has 0 aliphatic rings. The number of allylic oxidation sites excluding steroid dienone is 3. The molecule has 1 heteroatoms. The summed E-state index contributed by atoms with van der Waals surface area (Å²) in [7, 11) is 0. The summed E-state index contributed by atoms with van der Waals surface area (Å²) in [6, 6.07) is 0. The van der Waals surface area contributed by atoms with Gasteiger partial charge in [0.25, 0.3) is 0 Å². The van der Waals surface area contributed by atoms with Gasteiger partial charge < -0.3 is 0 Å². The van der Waals surface area contributed by atoms with Gasteiger partial charge in [-0.05, 0) is 31.8 Å². The SMILES string of the molecule is C#CC(F)CC/C(=C\CC)C(=C)C. The highest BCUT2D eigenvalue weighted by Crippen LogP contribution is 2.16. The zero-order valence-electron chi connectivity index (χ0n) is 8.44. The normalized spacial score (nSPS) is 13.5. The molecule has 0 N–H and O–H groups in total. The molecule has 0 radical (unpaired) electrons. The molecule has 0 rings (SSSR count). The number of halogens is 1. The van der Waals surface area contributed by atoms with Gasteiger partial charge in [-0.3, -0.25) is 0 Å². The van der Waals surface area contributed by atoms with E-state index in [1.807, 2.05) is 6.92 Å². The Balaban J connectivity index is 4.07. The summed E-state index contributed by atoms with van der Waals surface area (Å²) in [5.74, 6) is 2.08. The third-order valence-electron chi connectivity index (χ3n) is 1.85. The minimum absolute atomic E-state index is 0.398. The number of hydrogen-bond acceptors (Lipinski definition) is 0. The molecule has 0 aromatic heterocycles. The van der Waals surface area contributed by atoms with E-state index in [0.29, 0.717) is 12.8 Å². The summed E-state index contributed by atoms with van der Waals surface area (Å²) in [6.07, 6.45) is 7.93. The van der Waals surface area contributed by atoms with Crippen LogP contribution in [0.2, 0.25) is 0 Å². The van der Waals surface area contributed by atoms with Crippen LogP contribution in [0.4, 0.5) is 4.39 Å². The highest BCUT2D eigenvalue weighted by atomic mass is 19.1. The fourth-order valence-electron chi connectivity index (χ4n) is 1.10. The van der Waals surface area contributed by atoms with Crippen molar-refractivity contribution in [2.75, 3.05) is 0 Å². The van der Waals surface area contributed by atoms with Crippen molar-refractivity contribution in [3.05, 3.63) is 23.8 Å². The Morgan fingerprint density at radius 1 is 1.69 bits per heavy atom. The molecule has 0 saturated carbocycles. The zero-order chi connectivity index (χ0) is 10.3. The molecule has 0 heterocycles. The smallest absolute Gasteiger partial charge is 0.160 e. The average Bonchev–Trinajstić information content (AvgIpc) is 2.11. The Kier molecular flexibility index (Phi) is 5.97. The molecule has 0 bridgehead atoms. The second-order valence-corrected chi connectivity index (χ2v) is 3.09. The summed E-state index contributed by atoms with van der Waals surface area (Å²) >= 11 is 0. The number of alkyl halides is 1. The van der Waals surface area contributed by atoms with Crippen LogP contribution in [0.15, 0.2) is 23.8 Å². The lowest BCUT2D eigenvalue weighted by atomic mass is 10.0. The van der Waals surface area contributed by atoms with Gasteiger partial charge in [0.05, 0.1) is 0 Å². The monoisotopic (exact) mass is 180 g/mol. The van der Waals surface area contributed by atoms with Gasteiger partial charge in [-0.2, -0.15) is 0 Å².